The minimum Gasteiger partial charge on any atom is -0.348 e. The topological polar surface area (TPSA) is 35.6 Å². The first-order valence-corrected chi connectivity index (χ1v) is 6.40. The number of nitrogens with zero attached hydrogens (tertiary/aromatic N) is 2. The molecule has 1 amide bonds. The molecule has 4 nitrogen and oxygen atoms in total. The van der Waals surface area contributed by atoms with Crippen molar-refractivity contribution in [3.8, 4) is 0 Å². The second kappa shape index (κ2) is 7.45. The van der Waals surface area contributed by atoms with E-state index in [0.29, 0.717) is 12.6 Å². The predicted octanol–water partition coefficient (Wildman–Crippen LogP) is 0.705. The molecule has 0 spiro atoms. The molecule has 1 aliphatic heterocycles. The van der Waals surface area contributed by atoms with Gasteiger partial charge >= 0.3 is 0 Å². The Balaban J connectivity index is 2.17. The van der Waals surface area contributed by atoms with Gasteiger partial charge in [0, 0.05) is 33.2 Å². The maximum absolute atomic E-state index is 11.6. The molecule has 1 fully saturated rings. The number of likely N-dealkylation sites (tertiary alicyclic amines) is 1. The van der Waals surface area contributed by atoms with Crippen molar-refractivity contribution in [2.75, 3.05) is 40.3 Å². The molecule has 0 bridgehead atoms. The van der Waals surface area contributed by atoms with Gasteiger partial charge in [-0.15, -0.1) is 6.58 Å². The van der Waals surface area contributed by atoms with E-state index >= 15 is 0 Å². The van der Waals surface area contributed by atoms with Crippen molar-refractivity contribution in [1.29, 1.82) is 0 Å². The molecule has 0 aliphatic carbocycles. The summed E-state index contributed by atoms with van der Waals surface area (Å²) in [6, 6.07) is 0.612. The third-order valence-corrected chi connectivity index (χ3v) is 3.23. The minimum absolute atomic E-state index is 0.197. The van der Waals surface area contributed by atoms with Gasteiger partial charge < -0.3 is 10.2 Å². The zero-order valence-corrected chi connectivity index (χ0v) is 11.1. The molecule has 0 unspecified atom stereocenters. The van der Waals surface area contributed by atoms with E-state index in [4.69, 9.17) is 0 Å². The highest BCUT2D eigenvalue weighted by Gasteiger charge is 2.20. The third-order valence-electron chi connectivity index (χ3n) is 3.23. The summed E-state index contributed by atoms with van der Waals surface area (Å²) in [7, 11) is 3.62. The lowest BCUT2D eigenvalue weighted by Crippen LogP contribution is -2.46. The van der Waals surface area contributed by atoms with Crippen LogP contribution in [0.25, 0.3) is 0 Å². The maximum atomic E-state index is 11.6. The second-order valence-electron chi connectivity index (χ2n) is 4.87. The third kappa shape index (κ3) is 5.33. The first kappa shape index (κ1) is 14.2. The fourth-order valence-corrected chi connectivity index (χ4v) is 2.02. The van der Waals surface area contributed by atoms with E-state index in [9.17, 15) is 4.79 Å². The van der Waals surface area contributed by atoms with E-state index in [2.05, 4.69) is 16.8 Å². The van der Waals surface area contributed by atoms with Crippen LogP contribution < -0.4 is 5.32 Å². The van der Waals surface area contributed by atoms with Crippen LogP contribution in [0.3, 0.4) is 0 Å². The Bertz CT molecular complexity index is 245. The molecule has 0 radical (unpaired) electrons. The zero-order chi connectivity index (χ0) is 12.7. The highest BCUT2D eigenvalue weighted by atomic mass is 16.2. The van der Waals surface area contributed by atoms with Crippen LogP contribution in [0.5, 0.6) is 0 Å². The largest absolute Gasteiger partial charge is 0.348 e. The first-order valence-electron chi connectivity index (χ1n) is 6.40. The Labute approximate surface area is 105 Å². The molecule has 1 heterocycles. The Morgan fingerprint density at radius 2 is 2.12 bits per heavy atom. The molecule has 0 saturated carbocycles. The quantitative estimate of drug-likeness (QED) is 0.547. The highest BCUT2D eigenvalue weighted by Crippen LogP contribution is 2.10. The Morgan fingerprint density at radius 3 is 2.65 bits per heavy atom. The zero-order valence-electron chi connectivity index (χ0n) is 11.1. The summed E-state index contributed by atoms with van der Waals surface area (Å²) in [5.74, 6) is 0.197. The molecule has 0 atom stereocenters. The van der Waals surface area contributed by atoms with Crippen molar-refractivity contribution in [1.82, 2.24) is 15.1 Å². The van der Waals surface area contributed by atoms with E-state index in [0.717, 1.165) is 38.9 Å². The van der Waals surface area contributed by atoms with E-state index in [1.807, 2.05) is 20.2 Å². The number of carbonyl (C=O) groups excluding carboxylic acids is 1. The molecule has 4 heteroatoms. The summed E-state index contributed by atoms with van der Waals surface area (Å²) < 4.78 is 0. The van der Waals surface area contributed by atoms with Gasteiger partial charge in [0.15, 0.2) is 0 Å². The molecule has 98 valence electrons. The molecule has 0 aromatic rings. The fraction of sp³-hybridized carbons (Fsp3) is 0.769. The Hall–Kier alpha value is -0.870. The summed E-state index contributed by atoms with van der Waals surface area (Å²) in [5.41, 5.74) is 0. The van der Waals surface area contributed by atoms with Crippen molar-refractivity contribution in [2.24, 2.45) is 0 Å². The average Bonchev–Trinajstić information content (AvgIpc) is 2.31. The molecular weight excluding hydrogens is 214 g/mol. The standard InChI is InChI=1S/C13H25N3O/c1-4-5-8-14-12-6-9-16(10-7-12)11-13(17)15(2)3/h4,12,14H,1,5-11H2,2-3H3. The molecule has 1 N–H and O–H groups in total. The van der Waals surface area contributed by atoms with Gasteiger partial charge in [0.2, 0.25) is 5.91 Å². The predicted molar refractivity (Wildman–Crippen MR) is 71.0 cm³/mol. The summed E-state index contributed by atoms with van der Waals surface area (Å²) >= 11 is 0. The van der Waals surface area contributed by atoms with Gasteiger partial charge in [0.25, 0.3) is 0 Å². The molecular formula is C13H25N3O. The van der Waals surface area contributed by atoms with E-state index < -0.39 is 0 Å². The van der Waals surface area contributed by atoms with Crippen molar-refractivity contribution in [2.45, 2.75) is 25.3 Å². The van der Waals surface area contributed by atoms with Crippen molar-refractivity contribution in [3.05, 3.63) is 12.7 Å². The van der Waals surface area contributed by atoms with Gasteiger partial charge in [0.1, 0.15) is 0 Å². The van der Waals surface area contributed by atoms with Crippen LogP contribution in [-0.4, -0.2) is 62.0 Å². The summed E-state index contributed by atoms with van der Waals surface area (Å²) in [6.45, 7) is 7.33. The van der Waals surface area contributed by atoms with Gasteiger partial charge in [0.05, 0.1) is 6.54 Å². The summed E-state index contributed by atoms with van der Waals surface area (Å²) in [4.78, 5) is 15.5. The molecule has 0 aromatic carbocycles. The Morgan fingerprint density at radius 1 is 1.47 bits per heavy atom. The number of piperidine rings is 1. The SMILES string of the molecule is C=CCCNC1CCN(CC(=O)N(C)C)CC1. The number of carbonyl (C=O) groups is 1. The van der Waals surface area contributed by atoms with Crippen molar-refractivity contribution >= 4 is 5.91 Å². The minimum atomic E-state index is 0.197. The molecule has 1 saturated heterocycles. The summed E-state index contributed by atoms with van der Waals surface area (Å²) in [6.07, 6.45) is 5.24. The summed E-state index contributed by atoms with van der Waals surface area (Å²) in [5, 5.41) is 3.53. The van der Waals surface area contributed by atoms with Crippen molar-refractivity contribution < 1.29 is 4.79 Å². The Kier molecular flexibility index (Phi) is 6.22. The van der Waals surface area contributed by atoms with Gasteiger partial charge in [-0.3, -0.25) is 9.69 Å². The van der Waals surface area contributed by atoms with Crippen LogP contribution in [0, 0.1) is 0 Å². The molecule has 1 aliphatic rings. The maximum Gasteiger partial charge on any atom is 0.236 e. The molecule has 0 aromatic heterocycles. The number of rotatable bonds is 6. The molecule has 17 heavy (non-hydrogen) atoms. The monoisotopic (exact) mass is 239 g/mol. The van der Waals surface area contributed by atoms with Gasteiger partial charge in [-0.2, -0.15) is 0 Å². The normalized spacial score (nSPS) is 18.0. The number of likely N-dealkylation sites (N-methyl/N-ethyl adjacent to an activating group) is 1. The smallest absolute Gasteiger partial charge is 0.236 e. The highest BCUT2D eigenvalue weighted by molar-refractivity contribution is 5.77. The average molecular weight is 239 g/mol. The van der Waals surface area contributed by atoms with Gasteiger partial charge in [-0.05, 0) is 25.8 Å². The lowest BCUT2D eigenvalue weighted by atomic mass is 10.0. The van der Waals surface area contributed by atoms with Crippen LogP contribution >= 0.6 is 0 Å². The lowest BCUT2D eigenvalue weighted by Gasteiger charge is -2.32. The second-order valence-corrected chi connectivity index (χ2v) is 4.87. The van der Waals surface area contributed by atoms with E-state index in [-0.39, 0.29) is 5.91 Å². The number of hydrogen-bond acceptors (Lipinski definition) is 3. The number of nitrogens with one attached hydrogen (secondary N) is 1. The van der Waals surface area contributed by atoms with Crippen LogP contribution in [0.15, 0.2) is 12.7 Å². The van der Waals surface area contributed by atoms with E-state index in [1.54, 1.807) is 4.90 Å². The van der Waals surface area contributed by atoms with Crippen LogP contribution in [-0.2, 0) is 4.79 Å². The van der Waals surface area contributed by atoms with E-state index in [1.165, 1.54) is 0 Å². The molecule has 1 rings (SSSR count). The van der Waals surface area contributed by atoms with Gasteiger partial charge in [-0.1, -0.05) is 6.08 Å². The van der Waals surface area contributed by atoms with Crippen LogP contribution in [0.1, 0.15) is 19.3 Å². The fourth-order valence-electron chi connectivity index (χ4n) is 2.02. The number of hydrogen-bond donors (Lipinski definition) is 1. The van der Waals surface area contributed by atoms with Crippen molar-refractivity contribution in [3.63, 3.8) is 0 Å². The van der Waals surface area contributed by atoms with Crippen LogP contribution in [0.2, 0.25) is 0 Å². The first-order chi connectivity index (χ1) is 8.13. The number of amides is 1. The lowest BCUT2D eigenvalue weighted by molar-refractivity contribution is -0.130. The van der Waals surface area contributed by atoms with Crippen LogP contribution in [0.4, 0.5) is 0 Å². The van der Waals surface area contributed by atoms with Gasteiger partial charge in [-0.25, -0.2) is 0 Å².